The van der Waals surface area contributed by atoms with Gasteiger partial charge in [-0.25, -0.2) is 0 Å². The summed E-state index contributed by atoms with van der Waals surface area (Å²) >= 11 is 0. The SMILES string of the molecule is CCc1ccc2c(OCC(C)OC(=O)C(C)C)c3ccccc3c(OCC(C)OC(=O)C(C)C)c2c1. The van der Waals surface area contributed by atoms with E-state index in [-0.39, 0.29) is 37.0 Å². The summed E-state index contributed by atoms with van der Waals surface area (Å²) in [4.78, 5) is 24.0. The molecule has 0 aliphatic heterocycles. The molecular formula is C30H38O6. The number of rotatable bonds is 11. The quantitative estimate of drug-likeness (QED) is 0.224. The Hall–Kier alpha value is -3.28. The maximum Gasteiger partial charge on any atom is 0.308 e. The first-order valence-electron chi connectivity index (χ1n) is 12.8. The van der Waals surface area contributed by atoms with Crippen LogP contribution in [0.15, 0.2) is 42.5 Å². The van der Waals surface area contributed by atoms with Crippen molar-refractivity contribution in [3.63, 3.8) is 0 Å². The van der Waals surface area contributed by atoms with Crippen LogP contribution in [-0.4, -0.2) is 37.4 Å². The van der Waals surface area contributed by atoms with Crippen molar-refractivity contribution in [1.82, 2.24) is 0 Å². The summed E-state index contributed by atoms with van der Waals surface area (Å²) in [6.07, 6.45) is 0.0924. The molecule has 2 atom stereocenters. The molecule has 0 aliphatic rings. The lowest BCUT2D eigenvalue weighted by atomic mass is 9.98. The van der Waals surface area contributed by atoms with Crippen LogP contribution < -0.4 is 9.47 Å². The van der Waals surface area contributed by atoms with E-state index in [9.17, 15) is 9.59 Å². The number of hydrogen-bond donors (Lipinski definition) is 0. The van der Waals surface area contributed by atoms with Gasteiger partial charge in [-0.3, -0.25) is 9.59 Å². The Balaban J connectivity index is 2.00. The van der Waals surface area contributed by atoms with Crippen LogP contribution in [0.4, 0.5) is 0 Å². The molecule has 2 unspecified atom stereocenters. The summed E-state index contributed by atoms with van der Waals surface area (Å²) in [6, 6.07) is 14.2. The molecule has 0 saturated heterocycles. The highest BCUT2D eigenvalue weighted by molar-refractivity contribution is 6.11. The standard InChI is InChI=1S/C30H38O6/c1-8-22-13-14-25-26(15-22)28(34-17-21(7)36-30(32)19(4)5)24-12-10-9-11-23(24)27(25)33-16-20(6)35-29(31)18(2)3/h9-15,18-21H,8,16-17H2,1-7H3. The van der Waals surface area contributed by atoms with E-state index in [1.54, 1.807) is 0 Å². The Morgan fingerprint density at radius 3 is 1.56 bits per heavy atom. The number of carbonyl (C=O) groups excluding carboxylic acids is 2. The van der Waals surface area contributed by atoms with Crippen LogP contribution in [0.5, 0.6) is 11.5 Å². The van der Waals surface area contributed by atoms with Gasteiger partial charge >= 0.3 is 11.9 Å². The van der Waals surface area contributed by atoms with E-state index in [1.807, 2.05) is 65.8 Å². The van der Waals surface area contributed by atoms with Crippen molar-refractivity contribution < 1.29 is 28.5 Å². The molecule has 36 heavy (non-hydrogen) atoms. The Morgan fingerprint density at radius 2 is 1.11 bits per heavy atom. The minimum absolute atomic E-state index is 0.194. The second-order valence-corrected chi connectivity index (χ2v) is 9.86. The number of ether oxygens (including phenoxy) is 4. The highest BCUT2D eigenvalue weighted by Crippen LogP contribution is 2.43. The summed E-state index contributed by atoms with van der Waals surface area (Å²) in [5.74, 6) is 0.576. The van der Waals surface area contributed by atoms with Crippen LogP contribution in [-0.2, 0) is 25.5 Å². The van der Waals surface area contributed by atoms with Crippen molar-refractivity contribution in [2.24, 2.45) is 11.8 Å². The summed E-state index contributed by atoms with van der Waals surface area (Å²) in [5.41, 5.74) is 1.17. The highest BCUT2D eigenvalue weighted by Gasteiger charge is 2.20. The van der Waals surface area contributed by atoms with E-state index >= 15 is 0 Å². The van der Waals surface area contributed by atoms with E-state index in [1.165, 1.54) is 5.56 Å². The van der Waals surface area contributed by atoms with Crippen molar-refractivity contribution in [3.05, 3.63) is 48.0 Å². The van der Waals surface area contributed by atoms with Crippen LogP contribution in [0.3, 0.4) is 0 Å². The van der Waals surface area contributed by atoms with E-state index < -0.39 is 12.2 Å². The largest absolute Gasteiger partial charge is 0.488 e. The molecule has 0 radical (unpaired) electrons. The normalized spacial score (nSPS) is 13.1. The number of benzene rings is 3. The van der Waals surface area contributed by atoms with Gasteiger partial charge in [0, 0.05) is 21.5 Å². The van der Waals surface area contributed by atoms with Gasteiger partial charge in [0.15, 0.2) is 0 Å². The van der Waals surface area contributed by atoms with Crippen molar-refractivity contribution in [3.8, 4) is 11.5 Å². The number of hydrogen-bond acceptors (Lipinski definition) is 6. The molecule has 6 nitrogen and oxygen atoms in total. The Morgan fingerprint density at radius 1 is 0.667 bits per heavy atom. The molecule has 0 aromatic heterocycles. The second kappa shape index (κ2) is 12.1. The molecular weight excluding hydrogens is 456 g/mol. The summed E-state index contributed by atoms with van der Waals surface area (Å²) in [7, 11) is 0. The van der Waals surface area contributed by atoms with Gasteiger partial charge in [-0.15, -0.1) is 0 Å². The lowest BCUT2D eigenvalue weighted by Crippen LogP contribution is -2.25. The van der Waals surface area contributed by atoms with Gasteiger partial charge in [0.25, 0.3) is 0 Å². The molecule has 3 aromatic rings. The Bertz CT molecular complexity index is 1210. The topological polar surface area (TPSA) is 71.1 Å². The zero-order valence-corrected chi connectivity index (χ0v) is 22.4. The van der Waals surface area contributed by atoms with Gasteiger partial charge in [0.05, 0.1) is 11.8 Å². The fraction of sp³-hybridized carbons (Fsp3) is 0.467. The Labute approximate surface area is 213 Å². The number of esters is 2. The molecule has 194 valence electrons. The fourth-order valence-corrected chi connectivity index (χ4v) is 3.82. The monoisotopic (exact) mass is 494 g/mol. The summed E-state index contributed by atoms with van der Waals surface area (Å²) in [6.45, 7) is 13.5. The van der Waals surface area contributed by atoms with Gasteiger partial charge in [-0.1, -0.05) is 71.0 Å². The minimum Gasteiger partial charge on any atom is -0.488 e. The molecule has 0 saturated carbocycles. The number of carbonyl (C=O) groups is 2. The maximum absolute atomic E-state index is 12.0. The van der Waals surface area contributed by atoms with Gasteiger partial charge in [-0.2, -0.15) is 0 Å². The Kier molecular flexibility index (Phi) is 9.19. The number of fused-ring (bicyclic) bond motifs is 2. The molecule has 6 heteroatoms. The van der Waals surface area contributed by atoms with Crippen molar-refractivity contribution >= 4 is 33.5 Å². The van der Waals surface area contributed by atoms with Crippen LogP contribution in [0, 0.1) is 11.8 Å². The minimum atomic E-state index is -0.393. The van der Waals surface area contributed by atoms with E-state index in [0.717, 1.165) is 39.5 Å². The van der Waals surface area contributed by atoms with E-state index in [2.05, 4.69) is 25.1 Å². The average molecular weight is 495 g/mol. The highest BCUT2D eigenvalue weighted by atomic mass is 16.6. The van der Waals surface area contributed by atoms with Crippen LogP contribution in [0.1, 0.15) is 54.0 Å². The molecule has 0 bridgehead atoms. The van der Waals surface area contributed by atoms with Gasteiger partial charge in [0.1, 0.15) is 36.9 Å². The maximum atomic E-state index is 12.0. The second-order valence-electron chi connectivity index (χ2n) is 9.86. The molecule has 0 spiro atoms. The lowest BCUT2D eigenvalue weighted by molar-refractivity contribution is -0.154. The first kappa shape index (κ1) is 27.3. The molecule has 3 rings (SSSR count). The predicted octanol–water partition coefficient (Wildman–Crippen LogP) is 6.49. The van der Waals surface area contributed by atoms with Gasteiger partial charge in [-0.05, 0) is 31.9 Å². The van der Waals surface area contributed by atoms with E-state index in [0.29, 0.717) is 0 Å². The van der Waals surface area contributed by atoms with Crippen molar-refractivity contribution in [2.75, 3.05) is 13.2 Å². The fourth-order valence-electron chi connectivity index (χ4n) is 3.82. The lowest BCUT2D eigenvalue weighted by Gasteiger charge is -2.21. The van der Waals surface area contributed by atoms with Crippen LogP contribution in [0.2, 0.25) is 0 Å². The van der Waals surface area contributed by atoms with Gasteiger partial charge < -0.3 is 18.9 Å². The van der Waals surface area contributed by atoms with Crippen LogP contribution in [0.25, 0.3) is 21.5 Å². The summed E-state index contributed by atoms with van der Waals surface area (Å²) < 4.78 is 23.6. The van der Waals surface area contributed by atoms with Gasteiger partial charge in [0.2, 0.25) is 0 Å². The zero-order chi connectivity index (χ0) is 26.4. The van der Waals surface area contributed by atoms with Crippen molar-refractivity contribution in [1.29, 1.82) is 0 Å². The molecule has 0 amide bonds. The molecule has 0 heterocycles. The smallest absolute Gasteiger partial charge is 0.308 e. The van der Waals surface area contributed by atoms with Crippen molar-refractivity contribution in [2.45, 2.75) is 67.1 Å². The molecule has 0 N–H and O–H groups in total. The average Bonchev–Trinajstić information content (AvgIpc) is 2.85. The molecule has 0 aliphatic carbocycles. The summed E-state index contributed by atoms with van der Waals surface area (Å²) in [5, 5.41) is 3.65. The predicted molar refractivity (Wildman–Crippen MR) is 143 cm³/mol. The first-order chi connectivity index (χ1) is 17.1. The zero-order valence-electron chi connectivity index (χ0n) is 22.4. The van der Waals surface area contributed by atoms with E-state index in [4.69, 9.17) is 18.9 Å². The third kappa shape index (κ3) is 6.48. The molecule has 0 fully saturated rings. The van der Waals surface area contributed by atoms with Crippen LogP contribution >= 0.6 is 0 Å². The third-order valence-electron chi connectivity index (χ3n) is 5.90. The molecule has 3 aromatic carbocycles. The number of aryl methyl sites for hydroxylation is 1. The first-order valence-corrected chi connectivity index (χ1v) is 12.8. The third-order valence-corrected chi connectivity index (χ3v) is 5.90.